The molecule has 0 saturated carbocycles. The van der Waals surface area contributed by atoms with Crippen LogP contribution < -0.4 is 9.47 Å². The first-order valence-corrected chi connectivity index (χ1v) is 7.99. The predicted molar refractivity (Wildman–Crippen MR) is 91.0 cm³/mol. The molecule has 0 N–H and O–H groups in total. The molecule has 0 bridgehead atoms. The molecule has 0 aliphatic carbocycles. The molecule has 2 aromatic rings. The van der Waals surface area contributed by atoms with Crippen LogP contribution in [0.1, 0.15) is 43.1 Å². The lowest BCUT2D eigenvalue weighted by Gasteiger charge is -2.17. The molecule has 0 aliphatic rings. The van der Waals surface area contributed by atoms with Crippen LogP contribution in [0, 0.1) is 0 Å². The molecule has 1 aromatic heterocycles. The van der Waals surface area contributed by atoms with Gasteiger partial charge in [0, 0.05) is 23.9 Å². The molecule has 6 nitrogen and oxygen atoms in total. The fourth-order valence-electron chi connectivity index (χ4n) is 2.76. The zero-order valence-corrected chi connectivity index (χ0v) is 14.5. The molecule has 0 fully saturated rings. The van der Waals surface area contributed by atoms with Crippen molar-refractivity contribution < 1.29 is 23.8 Å². The molecule has 2 rings (SSSR count). The topological polar surface area (TPSA) is 66.8 Å². The summed E-state index contributed by atoms with van der Waals surface area (Å²) in [5, 5.41) is 0.662. The third-order valence-corrected chi connectivity index (χ3v) is 3.93. The van der Waals surface area contributed by atoms with E-state index >= 15 is 0 Å². The molecule has 1 heterocycles. The highest BCUT2D eigenvalue weighted by molar-refractivity contribution is 6.02. The van der Waals surface area contributed by atoms with Crippen molar-refractivity contribution in [2.75, 3.05) is 20.8 Å². The van der Waals surface area contributed by atoms with Crippen molar-refractivity contribution >= 4 is 23.2 Å². The molecule has 0 radical (unpaired) electrons. The van der Waals surface area contributed by atoms with Crippen LogP contribution in [0.5, 0.6) is 11.5 Å². The first kappa shape index (κ1) is 17.8. The molecule has 6 heteroatoms. The minimum Gasteiger partial charge on any atom is -0.497 e. The van der Waals surface area contributed by atoms with Crippen LogP contribution >= 0.6 is 0 Å². The van der Waals surface area contributed by atoms with E-state index in [1.807, 2.05) is 13.8 Å². The van der Waals surface area contributed by atoms with Crippen LogP contribution in [0.3, 0.4) is 0 Å². The van der Waals surface area contributed by atoms with Crippen LogP contribution in [-0.4, -0.2) is 37.6 Å². The van der Waals surface area contributed by atoms with Crippen molar-refractivity contribution in [2.24, 2.45) is 0 Å². The number of carbonyl (C=O) groups excluding carboxylic acids is 2. The van der Waals surface area contributed by atoms with E-state index in [1.165, 1.54) is 7.11 Å². The number of hydrogen-bond donors (Lipinski definition) is 0. The van der Waals surface area contributed by atoms with E-state index in [0.29, 0.717) is 41.0 Å². The van der Waals surface area contributed by atoms with Gasteiger partial charge in [-0.3, -0.25) is 4.79 Å². The van der Waals surface area contributed by atoms with E-state index in [9.17, 15) is 9.59 Å². The molecule has 0 spiro atoms. The Morgan fingerprint density at radius 3 is 2.54 bits per heavy atom. The van der Waals surface area contributed by atoms with Gasteiger partial charge in [-0.1, -0.05) is 13.8 Å². The van der Waals surface area contributed by atoms with Crippen LogP contribution in [-0.2, 0) is 9.53 Å². The molecule has 1 aromatic carbocycles. The van der Waals surface area contributed by atoms with Crippen LogP contribution in [0.2, 0.25) is 0 Å². The largest absolute Gasteiger partial charge is 0.497 e. The Hall–Kier alpha value is -2.50. The maximum atomic E-state index is 12.4. The van der Waals surface area contributed by atoms with E-state index in [-0.39, 0.29) is 5.97 Å². The van der Waals surface area contributed by atoms with E-state index in [4.69, 9.17) is 14.2 Å². The molecular formula is C18H23NO5. The smallest absolute Gasteiger partial charge is 0.329 e. The zero-order chi connectivity index (χ0) is 17.7. The van der Waals surface area contributed by atoms with Crippen LogP contribution in [0.4, 0.5) is 0 Å². The Kier molecular flexibility index (Phi) is 5.84. The number of aldehydes is 1. The van der Waals surface area contributed by atoms with Gasteiger partial charge >= 0.3 is 5.97 Å². The standard InChI is InChI=1S/C18H23NO5/c1-5-7-24-18(21)14(6-2)19-10-12(11-20)17-15(19)8-13(22-3)9-16(17)23-4/h8-11,14H,5-7H2,1-4H3. The molecule has 24 heavy (non-hydrogen) atoms. The summed E-state index contributed by atoms with van der Waals surface area (Å²) in [5.41, 5.74) is 1.17. The summed E-state index contributed by atoms with van der Waals surface area (Å²) in [6, 6.07) is 3.00. The second-order valence-electron chi connectivity index (χ2n) is 5.42. The Bertz CT molecular complexity index is 735. The molecule has 0 saturated heterocycles. The average Bonchev–Trinajstić information content (AvgIpc) is 2.98. The van der Waals surface area contributed by atoms with Crippen LogP contribution in [0.25, 0.3) is 10.9 Å². The normalized spacial score (nSPS) is 12.0. The highest BCUT2D eigenvalue weighted by Gasteiger charge is 2.24. The van der Waals surface area contributed by atoms with E-state index in [1.54, 1.807) is 30.0 Å². The van der Waals surface area contributed by atoms with Crippen molar-refractivity contribution in [1.29, 1.82) is 0 Å². The highest BCUT2D eigenvalue weighted by atomic mass is 16.5. The number of benzene rings is 1. The number of carbonyl (C=O) groups is 2. The number of methoxy groups -OCH3 is 2. The van der Waals surface area contributed by atoms with Crippen molar-refractivity contribution in [3.63, 3.8) is 0 Å². The van der Waals surface area contributed by atoms with Crippen molar-refractivity contribution in [3.8, 4) is 11.5 Å². The number of ether oxygens (including phenoxy) is 3. The van der Waals surface area contributed by atoms with Gasteiger partial charge in [-0.2, -0.15) is 0 Å². The Morgan fingerprint density at radius 2 is 2.00 bits per heavy atom. The van der Waals surface area contributed by atoms with Crippen LogP contribution in [0.15, 0.2) is 18.3 Å². The first-order valence-electron chi connectivity index (χ1n) is 7.99. The number of aromatic nitrogens is 1. The van der Waals surface area contributed by atoms with Gasteiger partial charge in [0.2, 0.25) is 0 Å². The number of esters is 1. The minimum atomic E-state index is -0.510. The summed E-state index contributed by atoms with van der Waals surface area (Å²) in [6.07, 6.45) is 3.74. The van der Waals surface area contributed by atoms with Gasteiger partial charge in [-0.15, -0.1) is 0 Å². The summed E-state index contributed by atoms with van der Waals surface area (Å²) in [6.45, 7) is 4.23. The number of fused-ring (bicyclic) bond motifs is 1. The molecule has 0 amide bonds. The third kappa shape index (κ3) is 3.22. The van der Waals surface area contributed by atoms with Crippen molar-refractivity contribution in [2.45, 2.75) is 32.7 Å². The quantitative estimate of drug-likeness (QED) is 0.547. The molecule has 1 atom stereocenters. The summed E-state index contributed by atoms with van der Waals surface area (Å²) in [4.78, 5) is 23.9. The Balaban J connectivity index is 2.64. The van der Waals surface area contributed by atoms with Gasteiger partial charge in [-0.25, -0.2) is 4.79 Å². The maximum Gasteiger partial charge on any atom is 0.329 e. The average molecular weight is 333 g/mol. The molecule has 130 valence electrons. The van der Waals surface area contributed by atoms with E-state index in [2.05, 4.69) is 0 Å². The number of hydrogen-bond acceptors (Lipinski definition) is 5. The van der Waals surface area contributed by atoms with Crippen molar-refractivity contribution in [3.05, 3.63) is 23.9 Å². The monoisotopic (exact) mass is 333 g/mol. The fraction of sp³-hybridized carbons (Fsp3) is 0.444. The summed E-state index contributed by atoms with van der Waals surface area (Å²) >= 11 is 0. The molecule has 0 aliphatic heterocycles. The zero-order valence-electron chi connectivity index (χ0n) is 14.5. The second-order valence-corrected chi connectivity index (χ2v) is 5.42. The Morgan fingerprint density at radius 1 is 1.25 bits per heavy atom. The minimum absolute atomic E-state index is 0.310. The molecule has 1 unspecified atom stereocenters. The summed E-state index contributed by atoms with van der Waals surface area (Å²) < 4.78 is 17.8. The molecular weight excluding hydrogens is 310 g/mol. The van der Waals surface area contributed by atoms with E-state index < -0.39 is 6.04 Å². The number of rotatable bonds is 8. The predicted octanol–water partition coefficient (Wildman–Crippen LogP) is 3.38. The highest BCUT2D eigenvalue weighted by Crippen LogP contribution is 2.36. The van der Waals surface area contributed by atoms with Gasteiger partial charge in [0.05, 0.1) is 31.7 Å². The lowest BCUT2D eigenvalue weighted by atomic mass is 10.1. The maximum absolute atomic E-state index is 12.4. The second kappa shape index (κ2) is 7.86. The van der Waals surface area contributed by atoms with Gasteiger partial charge in [0.25, 0.3) is 0 Å². The SMILES string of the molecule is CCCOC(=O)C(CC)n1cc(C=O)c2c(OC)cc(OC)cc21. The lowest BCUT2D eigenvalue weighted by Crippen LogP contribution is -2.21. The van der Waals surface area contributed by atoms with Crippen molar-refractivity contribution in [1.82, 2.24) is 4.57 Å². The lowest BCUT2D eigenvalue weighted by molar-refractivity contribution is -0.147. The first-order chi connectivity index (χ1) is 11.6. The van der Waals surface area contributed by atoms with Gasteiger partial charge < -0.3 is 18.8 Å². The van der Waals surface area contributed by atoms with Gasteiger partial charge in [-0.05, 0) is 12.8 Å². The Labute approximate surface area is 141 Å². The van der Waals surface area contributed by atoms with E-state index in [0.717, 1.165) is 12.7 Å². The van der Waals surface area contributed by atoms with Gasteiger partial charge in [0.1, 0.15) is 17.5 Å². The summed E-state index contributed by atoms with van der Waals surface area (Å²) in [5.74, 6) is 0.811. The summed E-state index contributed by atoms with van der Waals surface area (Å²) in [7, 11) is 3.09. The number of nitrogens with zero attached hydrogens (tertiary/aromatic N) is 1. The van der Waals surface area contributed by atoms with Gasteiger partial charge in [0.15, 0.2) is 6.29 Å². The third-order valence-electron chi connectivity index (χ3n) is 3.93. The fourth-order valence-corrected chi connectivity index (χ4v) is 2.76.